The van der Waals surface area contributed by atoms with E-state index in [1.807, 2.05) is 0 Å². The van der Waals surface area contributed by atoms with Gasteiger partial charge in [0.1, 0.15) is 0 Å². The Labute approximate surface area is 141 Å². The molecule has 1 nitrogen and oxygen atoms in total. The SMILES string of the molecule is OCCCCCC(CCc1ccccc1)CCc1ccccc1. The number of rotatable bonds is 11. The second kappa shape index (κ2) is 11.0. The third-order valence-corrected chi connectivity index (χ3v) is 4.64. The molecular formula is C22H30O. The molecule has 124 valence electrons. The van der Waals surface area contributed by atoms with Crippen LogP contribution in [0.2, 0.25) is 0 Å². The Hall–Kier alpha value is -1.60. The predicted molar refractivity (Wildman–Crippen MR) is 98.6 cm³/mol. The van der Waals surface area contributed by atoms with Gasteiger partial charge in [-0.2, -0.15) is 0 Å². The number of unbranched alkanes of at least 4 members (excludes halogenated alkanes) is 2. The maximum Gasteiger partial charge on any atom is 0.0431 e. The largest absolute Gasteiger partial charge is 0.396 e. The molecule has 1 heteroatoms. The summed E-state index contributed by atoms with van der Waals surface area (Å²) in [6.45, 7) is 0.332. The molecule has 2 aromatic carbocycles. The highest BCUT2D eigenvalue weighted by atomic mass is 16.2. The topological polar surface area (TPSA) is 20.2 Å². The molecule has 2 aromatic rings. The Morgan fingerprint density at radius 1 is 0.609 bits per heavy atom. The summed E-state index contributed by atoms with van der Waals surface area (Å²) < 4.78 is 0. The zero-order chi connectivity index (χ0) is 16.2. The zero-order valence-corrected chi connectivity index (χ0v) is 14.2. The maximum absolute atomic E-state index is 8.94. The highest BCUT2D eigenvalue weighted by molar-refractivity contribution is 5.15. The van der Waals surface area contributed by atoms with Crippen LogP contribution in [-0.2, 0) is 12.8 Å². The molecule has 0 heterocycles. The summed E-state index contributed by atoms with van der Waals surface area (Å²) in [7, 11) is 0. The van der Waals surface area contributed by atoms with Crippen molar-refractivity contribution in [1.82, 2.24) is 0 Å². The first kappa shape index (κ1) is 17.7. The van der Waals surface area contributed by atoms with Gasteiger partial charge >= 0.3 is 0 Å². The summed E-state index contributed by atoms with van der Waals surface area (Å²) in [5, 5.41) is 8.94. The fourth-order valence-corrected chi connectivity index (χ4v) is 3.19. The van der Waals surface area contributed by atoms with E-state index >= 15 is 0 Å². The molecule has 0 radical (unpaired) electrons. The summed E-state index contributed by atoms with van der Waals surface area (Å²) in [4.78, 5) is 0. The fraction of sp³-hybridized carbons (Fsp3) is 0.455. The number of hydrogen-bond acceptors (Lipinski definition) is 1. The van der Waals surface area contributed by atoms with Crippen LogP contribution in [0, 0.1) is 5.92 Å². The molecule has 0 atom stereocenters. The first-order valence-electron chi connectivity index (χ1n) is 9.07. The van der Waals surface area contributed by atoms with E-state index in [1.165, 1.54) is 49.7 Å². The van der Waals surface area contributed by atoms with Crippen LogP contribution in [0.4, 0.5) is 0 Å². The minimum Gasteiger partial charge on any atom is -0.396 e. The molecule has 0 fully saturated rings. The van der Waals surface area contributed by atoms with Gasteiger partial charge in [-0.3, -0.25) is 0 Å². The van der Waals surface area contributed by atoms with Gasteiger partial charge < -0.3 is 5.11 Å². The zero-order valence-electron chi connectivity index (χ0n) is 14.2. The van der Waals surface area contributed by atoms with Gasteiger partial charge in [0.15, 0.2) is 0 Å². The molecular weight excluding hydrogens is 280 g/mol. The van der Waals surface area contributed by atoms with Crippen molar-refractivity contribution in [3.63, 3.8) is 0 Å². The summed E-state index contributed by atoms with van der Waals surface area (Å²) >= 11 is 0. The van der Waals surface area contributed by atoms with E-state index in [0.29, 0.717) is 6.61 Å². The standard InChI is InChI=1S/C22H30O/c23-19-9-3-8-14-22(17-15-20-10-4-1-5-11-20)18-16-21-12-6-2-7-13-21/h1-2,4-7,10-13,22-23H,3,8-9,14-19H2. The predicted octanol–water partition coefficient (Wildman–Crippen LogP) is 5.42. The Kier molecular flexibility index (Phi) is 8.50. The third-order valence-electron chi connectivity index (χ3n) is 4.64. The lowest BCUT2D eigenvalue weighted by atomic mass is 9.89. The fourth-order valence-electron chi connectivity index (χ4n) is 3.19. The van der Waals surface area contributed by atoms with Gasteiger partial charge in [-0.25, -0.2) is 0 Å². The molecule has 0 bridgehead atoms. The monoisotopic (exact) mass is 310 g/mol. The van der Waals surface area contributed by atoms with E-state index in [0.717, 1.165) is 18.8 Å². The molecule has 23 heavy (non-hydrogen) atoms. The highest BCUT2D eigenvalue weighted by Gasteiger charge is 2.09. The Morgan fingerprint density at radius 2 is 1.13 bits per heavy atom. The molecule has 0 aliphatic carbocycles. The molecule has 0 aliphatic heterocycles. The molecule has 1 N–H and O–H groups in total. The maximum atomic E-state index is 8.94. The van der Waals surface area contributed by atoms with Gasteiger partial charge in [0.05, 0.1) is 0 Å². The van der Waals surface area contributed by atoms with Crippen molar-refractivity contribution in [2.45, 2.75) is 51.4 Å². The first-order valence-corrected chi connectivity index (χ1v) is 9.07. The van der Waals surface area contributed by atoms with E-state index < -0.39 is 0 Å². The van der Waals surface area contributed by atoms with Crippen molar-refractivity contribution in [2.24, 2.45) is 5.92 Å². The summed E-state index contributed by atoms with van der Waals surface area (Å²) in [6, 6.07) is 21.7. The van der Waals surface area contributed by atoms with E-state index in [-0.39, 0.29) is 0 Å². The quantitative estimate of drug-likeness (QED) is 0.549. The lowest BCUT2D eigenvalue weighted by molar-refractivity contribution is 0.279. The number of aryl methyl sites for hydroxylation is 2. The van der Waals surface area contributed by atoms with E-state index in [1.54, 1.807) is 0 Å². The van der Waals surface area contributed by atoms with Crippen LogP contribution >= 0.6 is 0 Å². The minimum atomic E-state index is 0.332. The number of benzene rings is 2. The molecule has 0 amide bonds. The third kappa shape index (κ3) is 7.47. The van der Waals surface area contributed by atoms with Gasteiger partial charge in [0, 0.05) is 6.61 Å². The van der Waals surface area contributed by atoms with Gasteiger partial charge in [0.2, 0.25) is 0 Å². The van der Waals surface area contributed by atoms with Crippen LogP contribution in [0.5, 0.6) is 0 Å². The molecule has 0 unspecified atom stereocenters. The Bertz CT molecular complexity index is 463. The van der Waals surface area contributed by atoms with Crippen LogP contribution in [0.3, 0.4) is 0 Å². The van der Waals surface area contributed by atoms with Crippen molar-refractivity contribution < 1.29 is 5.11 Å². The second-order valence-corrected chi connectivity index (χ2v) is 6.49. The van der Waals surface area contributed by atoms with Crippen LogP contribution < -0.4 is 0 Å². The Morgan fingerprint density at radius 3 is 1.61 bits per heavy atom. The van der Waals surface area contributed by atoms with E-state index in [4.69, 9.17) is 5.11 Å². The summed E-state index contributed by atoms with van der Waals surface area (Å²) in [5.41, 5.74) is 2.90. The molecule has 0 saturated carbocycles. The average molecular weight is 310 g/mol. The van der Waals surface area contributed by atoms with Gasteiger partial charge in [-0.15, -0.1) is 0 Å². The van der Waals surface area contributed by atoms with Gasteiger partial charge in [-0.1, -0.05) is 79.9 Å². The smallest absolute Gasteiger partial charge is 0.0431 e. The van der Waals surface area contributed by atoms with E-state index in [9.17, 15) is 0 Å². The van der Waals surface area contributed by atoms with Crippen molar-refractivity contribution >= 4 is 0 Å². The summed E-state index contributed by atoms with van der Waals surface area (Å²) in [6.07, 6.45) is 9.55. The van der Waals surface area contributed by atoms with E-state index in [2.05, 4.69) is 60.7 Å². The van der Waals surface area contributed by atoms with Crippen molar-refractivity contribution in [2.75, 3.05) is 6.61 Å². The highest BCUT2D eigenvalue weighted by Crippen LogP contribution is 2.22. The van der Waals surface area contributed by atoms with Crippen molar-refractivity contribution in [3.05, 3.63) is 71.8 Å². The van der Waals surface area contributed by atoms with Gasteiger partial charge in [-0.05, 0) is 49.1 Å². The van der Waals surface area contributed by atoms with Crippen LogP contribution in [-0.4, -0.2) is 11.7 Å². The number of aliphatic hydroxyl groups excluding tert-OH is 1. The van der Waals surface area contributed by atoms with Crippen molar-refractivity contribution in [3.8, 4) is 0 Å². The van der Waals surface area contributed by atoms with Crippen LogP contribution in [0.1, 0.15) is 49.7 Å². The van der Waals surface area contributed by atoms with Crippen LogP contribution in [0.15, 0.2) is 60.7 Å². The lowest BCUT2D eigenvalue weighted by Gasteiger charge is -2.17. The molecule has 0 spiro atoms. The molecule has 0 aromatic heterocycles. The van der Waals surface area contributed by atoms with Gasteiger partial charge in [0.25, 0.3) is 0 Å². The molecule has 2 rings (SSSR count). The average Bonchev–Trinajstić information content (AvgIpc) is 2.62. The number of aliphatic hydroxyl groups is 1. The normalized spacial score (nSPS) is 11.0. The van der Waals surface area contributed by atoms with Crippen LogP contribution in [0.25, 0.3) is 0 Å². The molecule has 0 saturated heterocycles. The lowest BCUT2D eigenvalue weighted by Crippen LogP contribution is -2.05. The summed E-state index contributed by atoms with van der Waals surface area (Å²) in [5.74, 6) is 0.786. The van der Waals surface area contributed by atoms with Crippen molar-refractivity contribution in [1.29, 1.82) is 0 Å². The first-order chi connectivity index (χ1) is 11.4. The minimum absolute atomic E-state index is 0.332. The number of hydrogen-bond donors (Lipinski definition) is 1. The molecule has 0 aliphatic rings. The second-order valence-electron chi connectivity index (χ2n) is 6.49. The Balaban J connectivity index is 1.80.